The van der Waals surface area contributed by atoms with Crippen LogP contribution in [0.25, 0.3) is 10.9 Å². The van der Waals surface area contributed by atoms with Crippen LogP contribution in [0, 0.1) is 5.92 Å². The van der Waals surface area contributed by atoms with Gasteiger partial charge in [0.1, 0.15) is 0 Å². The van der Waals surface area contributed by atoms with E-state index in [1.807, 2.05) is 30.5 Å². The molecule has 0 bridgehead atoms. The van der Waals surface area contributed by atoms with Crippen LogP contribution < -0.4 is 11.1 Å². The van der Waals surface area contributed by atoms with Gasteiger partial charge in [0.05, 0.1) is 5.69 Å². The van der Waals surface area contributed by atoms with E-state index in [9.17, 15) is 4.79 Å². The van der Waals surface area contributed by atoms with Crippen molar-refractivity contribution in [2.45, 2.75) is 31.7 Å². The minimum Gasteiger partial charge on any atom is -0.361 e. The lowest BCUT2D eigenvalue weighted by molar-refractivity contribution is -0.120. The number of H-pyrrole nitrogens is 1. The van der Waals surface area contributed by atoms with E-state index in [2.05, 4.69) is 10.3 Å². The first-order valence-electron chi connectivity index (χ1n) is 6.86. The number of benzene rings is 1. The molecule has 1 aromatic heterocycles. The Morgan fingerprint density at radius 3 is 2.95 bits per heavy atom. The molecule has 2 aromatic rings. The normalized spacial score (nSPS) is 22.2. The van der Waals surface area contributed by atoms with Gasteiger partial charge in [0.25, 0.3) is 0 Å². The number of hydrogen-bond donors (Lipinski definition) is 3. The minimum absolute atomic E-state index is 0. The maximum atomic E-state index is 12.3. The zero-order valence-electron chi connectivity index (χ0n) is 11.3. The Kier molecular flexibility index (Phi) is 4.68. The highest BCUT2D eigenvalue weighted by Crippen LogP contribution is 2.27. The fourth-order valence-corrected chi connectivity index (χ4v) is 2.89. The molecule has 0 aliphatic heterocycles. The van der Waals surface area contributed by atoms with Crippen LogP contribution in [0.5, 0.6) is 0 Å². The predicted molar refractivity (Wildman–Crippen MR) is 84.1 cm³/mol. The summed E-state index contributed by atoms with van der Waals surface area (Å²) in [7, 11) is 0. The second-order valence-corrected chi connectivity index (χ2v) is 5.36. The molecule has 1 aliphatic rings. The zero-order chi connectivity index (χ0) is 13.2. The van der Waals surface area contributed by atoms with E-state index in [0.717, 1.165) is 42.3 Å². The number of nitrogens with one attached hydrogen (secondary N) is 2. The highest BCUT2D eigenvalue weighted by molar-refractivity contribution is 6.02. The molecule has 1 heterocycles. The number of halogens is 1. The van der Waals surface area contributed by atoms with Crippen molar-refractivity contribution < 1.29 is 4.79 Å². The summed E-state index contributed by atoms with van der Waals surface area (Å²) in [6.07, 6.45) is 5.72. The van der Waals surface area contributed by atoms with E-state index in [4.69, 9.17) is 5.73 Å². The molecule has 1 amide bonds. The number of carbonyl (C=O) groups is 1. The van der Waals surface area contributed by atoms with Crippen LogP contribution in [0.1, 0.15) is 25.7 Å². The van der Waals surface area contributed by atoms with Crippen LogP contribution in [0.3, 0.4) is 0 Å². The van der Waals surface area contributed by atoms with Gasteiger partial charge in [0.15, 0.2) is 0 Å². The van der Waals surface area contributed by atoms with E-state index < -0.39 is 0 Å². The summed E-state index contributed by atoms with van der Waals surface area (Å²) in [5.74, 6) is 0.154. The summed E-state index contributed by atoms with van der Waals surface area (Å²) in [5, 5.41) is 4.10. The molecule has 108 valence electrons. The third-order valence-electron chi connectivity index (χ3n) is 3.94. The third kappa shape index (κ3) is 2.97. The summed E-state index contributed by atoms with van der Waals surface area (Å²) in [6.45, 7) is 0. The van der Waals surface area contributed by atoms with Gasteiger partial charge in [0.2, 0.25) is 5.91 Å². The SMILES string of the molecule is Cl.NC1CCCC(C(=O)Nc2cccc3[nH]ccc23)C1. The Bertz CT molecular complexity index is 596. The van der Waals surface area contributed by atoms with E-state index >= 15 is 0 Å². The van der Waals surface area contributed by atoms with Gasteiger partial charge in [-0.3, -0.25) is 4.79 Å². The van der Waals surface area contributed by atoms with E-state index in [1.165, 1.54) is 0 Å². The van der Waals surface area contributed by atoms with Crippen molar-refractivity contribution in [2.24, 2.45) is 11.7 Å². The molecule has 4 N–H and O–H groups in total. The Morgan fingerprint density at radius 1 is 1.30 bits per heavy atom. The summed E-state index contributed by atoms with van der Waals surface area (Å²) in [5.41, 5.74) is 7.86. The van der Waals surface area contributed by atoms with Crippen LogP contribution in [0.15, 0.2) is 30.5 Å². The molecule has 3 rings (SSSR count). The van der Waals surface area contributed by atoms with Gasteiger partial charge in [-0.05, 0) is 37.5 Å². The molecule has 0 saturated heterocycles. The van der Waals surface area contributed by atoms with Crippen molar-refractivity contribution in [3.8, 4) is 0 Å². The van der Waals surface area contributed by atoms with Gasteiger partial charge in [0, 0.05) is 29.1 Å². The highest BCUT2D eigenvalue weighted by atomic mass is 35.5. The van der Waals surface area contributed by atoms with Gasteiger partial charge in [-0.2, -0.15) is 0 Å². The first-order chi connectivity index (χ1) is 9.24. The molecule has 20 heavy (non-hydrogen) atoms. The third-order valence-corrected chi connectivity index (χ3v) is 3.94. The monoisotopic (exact) mass is 293 g/mol. The Balaban J connectivity index is 0.00000147. The molecule has 1 aliphatic carbocycles. The van der Waals surface area contributed by atoms with Gasteiger partial charge in [-0.1, -0.05) is 12.5 Å². The number of nitrogens with two attached hydrogens (primary N) is 1. The van der Waals surface area contributed by atoms with Crippen molar-refractivity contribution in [3.63, 3.8) is 0 Å². The van der Waals surface area contributed by atoms with E-state index in [0.29, 0.717) is 0 Å². The molecule has 0 radical (unpaired) electrons. The first-order valence-corrected chi connectivity index (χ1v) is 6.86. The predicted octanol–water partition coefficient (Wildman–Crippen LogP) is 3.05. The van der Waals surface area contributed by atoms with Crippen LogP contribution in [0.2, 0.25) is 0 Å². The largest absolute Gasteiger partial charge is 0.361 e. The van der Waals surface area contributed by atoms with Crippen molar-refractivity contribution in [1.82, 2.24) is 4.98 Å². The van der Waals surface area contributed by atoms with Crippen molar-refractivity contribution in [1.29, 1.82) is 0 Å². The fraction of sp³-hybridized carbons (Fsp3) is 0.400. The number of aromatic nitrogens is 1. The van der Waals surface area contributed by atoms with Gasteiger partial charge in [-0.25, -0.2) is 0 Å². The van der Waals surface area contributed by atoms with Crippen LogP contribution in [0.4, 0.5) is 5.69 Å². The van der Waals surface area contributed by atoms with Gasteiger partial charge >= 0.3 is 0 Å². The second kappa shape index (κ2) is 6.29. The zero-order valence-corrected chi connectivity index (χ0v) is 12.1. The lowest BCUT2D eigenvalue weighted by Gasteiger charge is -2.25. The minimum atomic E-state index is 0. The summed E-state index contributed by atoms with van der Waals surface area (Å²) < 4.78 is 0. The second-order valence-electron chi connectivity index (χ2n) is 5.36. The highest BCUT2D eigenvalue weighted by Gasteiger charge is 2.25. The summed E-state index contributed by atoms with van der Waals surface area (Å²) >= 11 is 0. The number of rotatable bonds is 2. The summed E-state index contributed by atoms with van der Waals surface area (Å²) in [4.78, 5) is 15.5. The lowest BCUT2D eigenvalue weighted by atomic mass is 9.85. The lowest BCUT2D eigenvalue weighted by Crippen LogP contribution is -2.34. The molecule has 5 heteroatoms. The van der Waals surface area contributed by atoms with Crippen molar-refractivity contribution in [3.05, 3.63) is 30.5 Å². The van der Waals surface area contributed by atoms with E-state index in [1.54, 1.807) is 0 Å². The van der Waals surface area contributed by atoms with Gasteiger partial charge in [-0.15, -0.1) is 12.4 Å². The van der Waals surface area contributed by atoms with Crippen LogP contribution in [-0.4, -0.2) is 16.9 Å². The number of fused-ring (bicyclic) bond motifs is 1. The number of hydrogen-bond acceptors (Lipinski definition) is 2. The number of amides is 1. The molecule has 1 saturated carbocycles. The average Bonchev–Trinajstić information content (AvgIpc) is 2.88. The molecule has 2 unspecified atom stereocenters. The summed E-state index contributed by atoms with van der Waals surface area (Å²) in [6, 6.07) is 8.05. The number of aromatic amines is 1. The quantitative estimate of drug-likeness (QED) is 0.796. The number of carbonyl (C=O) groups excluding carboxylic acids is 1. The molecule has 4 nitrogen and oxygen atoms in total. The fourth-order valence-electron chi connectivity index (χ4n) is 2.89. The Hall–Kier alpha value is -1.52. The first kappa shape index (κ1) is 14.9. The van der Waals surface area contributed by atoms with Crippen LogP contribution in [-0.2, 0) is 4.79 Å². The topological polar surface area (TPSA) is 70.9 Å². The Morgan fingerprint density at radius 2 is 2.15 bits per heavy atom. The molecular formula is C15H20ClN3O. The molecule has 1 aromatic carbocycles. The number of anilines is 1. The standard InChI is InChI=1S/C15H19N3O.ClH/c16-11-4-1-3-10(9-11)15(19)18-14-6-2-5-13-12(14)7-8-17-13;/h2,5-8,10-11,17H,1,3-4,9,16H2,(H,18,19);1H. The van der Waals surface area contributed by atoms with Crippen molar-refractivity contribution >= 4 is 34.9 Å². The molecule has 0 spiro atoms. The maximum Gasteiger partial charge on any atom is 0.227 e. The Labute approximate surface area is 124 Å². The molecular weight excluding hydrogens is 274 g/mol. The van der Waals surface area contributed by atoms with E-state index in [-0.39, 0.29) is 30.3 Å². The smallest absolute Gasteiger partial charge is 0.227 e. The average molecular weight is 294 g/mol. The molecule has 2 atom stereocenters. The van der Waals surface area contributed by atoms with Crippen LogP contribution >= 0.6 is 12.4 Å². The van der Waals surface area contributed by atoms with Gasteiger partial charge < -0.3 is 16.0 Å². The maximum absolute atomic E-state index is 12.3. The molecule has 1 fully saturated rings. The van der Waals surface area contributed by atoms with Crippen molar-refractivity contribution in [2.75, 3.05) is 5.32 Å².